The quantitative estimate of drug-likeness (QED) is 0.577. The fourth-order valence-corrected chi connectivity index (χ4v) is 4.17. The van der Waals surface area contributed by atoms with Crippen LogP contribution >= 0.6 is 0 Å². The number of carboxylic acids is 1. The molecule has 132 valence electrons. The van der Waals surface area contributed by atoms with Gasteiger partial charge < -0.3 is 9.84 Å². The number of hydrogen-bond acceptors (Lipinski definition) is 2. The highest BCUT2D eigenvalue weighted by Crippen LogP contribution is 2.40. The van der Waals surface area contributed by atoms with Crippen molar-refractivity contribution in [2.24, 2.45) is 5.92 Å². The van der Waals surface area contributed by atoms with E-state index < -0.39 is 5.97 Å². The zero-order valence-electron chi connectivity index (χ0n) is 14.7. The van der Waals surface area contributed by atoms with Crippen LogP contribution in [0.4, 0.5) is 0 Å². The van der Waals surface area contributed by atoms with Crippen LogP contribution in [0.25, 0.3) is 0 Å². The largest absolute Gasteiger partial charge is 0.489 e. The fourth-order valence-electron chi connectivity index (χ4n) is 4.17. The molecule has 0 unspecified atom stereocenters. The van der Waals surface area contributed by atoms with Gasteiger partial charge in [0.15, 0.2) is 0 Å². The van der Waals surface area contributed by atoms with Gasteiger partial charge in [-0.1, -0.05) is 30.4 Å². The predicted molar refractivity (Wildman–Crippen MR) is 98.7 cm³/mol. The number of benzene rings is 1. The van der Waals surface area contributed by atoms with Gasteiger partial charge in [0.25, 0.3) is 0 Å². The van der Waals surface area contributed by atoms with Crippen LogP contribution in [0.1, 0.15) is 62.5 Å². The Morgan fingerprint density at radius 3 is 2.76 bits per heavy atom. The highest BCUT2D eigenvalue weighted by Gasteiger charge is 2.25. The van der Waals surface area contributed by atoms with Crippen molar-refractivity contribution in [3.63, 3.8) is 0 Å². The maximum absolute atomic E-state index is 10.7. The summed E-state index contributed by atoms with van der Waals surface area (Å²) >= 11 is 0. The summed E-state index contributed by atoms with van der Waals surface area (Å²) in [6.07, 6.45) is 15.2. The van der Waals surface area contributed by atoms with Crippen LogP contribution in [0.3, 0.4) is 0 Å². The maximum Gasteiger partial charge on any atom is 0.303 e. The molecule has 1 fully saturated rings. The number of ether oxygens (including phenoxy) is 1. The van der Waals surface area contributed by atoms with Gasteiger partial charge in [-0.2, -0.15) is 0 Å². The van der Waals surface area contributed by atoms with E-state index in [4.69, 9.17) is 16.3 Å². The number of carbonyl (C=O) groups is 1. The zero-order chi connectivity index (χ0) is 17.6. The Morgan fingerprint density at radius 1 is 1.24 bits per heavy atom. The van der Waals surface area contributed by atoms with Crippen molar-refractivity contribution < 1.29 is 14.6 Å². The average molecular weight is 338 g/mol. The summed E-state index contributed by atoms with van der Waals surface area (Å²) in [5.41, 5.74) is 4.77. The molecule has 25 heavy (non-hydrogen) atoms. The van der Waals surface area contributed by atoms with Gasteiger partial charge >= 0.3 is 5.97 Å². The molecule has 1 N–H and O–H groups in total. The molecule has 0 radical (unpaired) electrons. The van der Waals surface area contributed by atoms with Gasteiger partial charge in [0.1, 0.15) is 12.4 Å². The van der Waals surface area contributed by atoms with Crippen molar-refractivity contribution >= 4 is 5.97 Å². The first-order valence-corrected chi connectivity index (χ1v) is 9.32. The van der Waals surface area contributed by atoms with Crippen LogP contribution < -0.4 is 4.74 Å². The van der Waals surface area contributed by atoms with E-state index in [1.807, 2.05) is 18.2 Å². The molecule has 0 spiro atoms. The molecule has 1 aromatic carbocycles. The third kappa shape index (κ3) is 4.45. The molecular formula is C22H26O3. The van der Waals surface area contributed by atoms with Crippen molar-refractivity contribution in [3.8, 4) is 18.1 Å². The van der Waals surface area contributed by atoms with Gasteiger partial charge in [-0.15, -0.1) is 6.42 Å². The summed E-state index contributed by atoms with van der Waals surface area (Å²) in [6.45, 7) is 0.657. The number of allylic oxidation sites excluding steroid dienone is 1. The third-order valence-corrected chi connectivity index (χ3v) is 5.48. The van der Waals surface area contributed by atoms with E-state index in [9.17, 15) is 4.79 Å². The molecule has 2 aliphatic carbocycles. The van der Waals surface area contributed by atoms with Gasteiger partial charge in [0, 0.05) is 12.0 Å². The summed E-state index contributed by atoms with van der Waals surface area (Å²) in [5, 5.41) is 8.83. The Kier molecular flexibility index (Phi) is 5.81. The topological polar surface area (TPSA) is 46.5 Å². The third-order valence-electron chi connectivity index (χ3n) is 5.48. The van der Waals surface area contributed by atoms with Crippen molar-refractivity contribution in [2.75, 3.05) is 6.61 Å². The summed E-state index contributed by atoms with van der Waals surface area (Å²) in [5.74, 6) is 3.41. The van der Waals surface area contributed by atoms with Crippen LogP contribution in [0, 0.1) is 18.3 Å². The van der Waals surface area contributed by atoms with Crippen molar-refractivity contribution in [3.05, 3.63) is 40.5 Å². The smallest absolute Gasteiger partial charge is 0.303 e. The number of aliphatic carboxylic acids is 1. The zero-order valence-corrected chi connectivity index (χ0v) is 14.7. The SMILES string of the molecule is C#Cc1cc(OCC2=C(C3CCCC3)CCC2)ccc1CCC(=O)O. The Balaban J connectivity index is 1.65. The van der Waals surface area contributed by atoms with E-state index in [-0.39, 0.29) is 6.42 Å². The second-order valence-electron chi connectivity index (χ2n) is 7.11. The van der Waals surface area contributed by atoms with Gasteiger partial charge in [-0.3, -0.25) is 4.79 Å². The van der Waals surface area contributed by atoms with E-state index in [0.717, 1.165) is 29.2 Å². The van der Waals surface area contributed by atoms with Crippen molar-refractivity contribution in [1.29, 1.82) is 0 Å². The lowest BCUT2D eigenvalue weighted by atomic mass is 9.94. The Morgan fingerprint density at radius 2 is 2.04 bits per heavy atom. The summed E-state index contributed by atoms with van der Waals surface area (Å²) in [6, 6.07) is 5.67. The fraction of sp³-hybridized carbons (Fsp3) is 0.500. The molecule has 0 atom stereocenters. The van der Waals surface area contributed by atoms with Crippen LogP contribution in [0.15, 0.2) is 29.3 Å². The average Bonchev–Trinajstić information content (AvgIpc) is 3.29. The van der Waals surface area contributed by atoms with Crippen LogP contribution in [-0.4, -0.2) is 17.7 Å². The molecule has 3 nitrogen and oxygen atoms in total. The van der Waals surface area contributed by atoms with Crippen LogP contribution in [0.2, 0.25) is 0 Å². The monoisotopic (exact) mass is 338 g/mol. The summed E-state index contributed by atoms with van der Waals surface area (Å²) < 4.78 is 6.03. The maximum atomic E-state index is 10.7. The van der Waals surface area contributed by atoms with Crippen molar-refractivity contribution in [2.45, 2.75) is 57.8 Å². The predicted octanol–water partition coefficient (Wildman–Crippen LogP) is 4.73. The molecule has 1 aromatic rings. The number of carboxylic acid groups (broad SMARTS) is 1. The number of terminal acetylenes is 1. The molecule has 0 amide bonds. The number of aryl methyl sites for hydroxylation is 1. The van der Waals surface area contributed by atoms with Crippen LogP contribution in [-0.2, 0) is 11.2 Å². The summed E-state index contributed by atoms with van der Waals surface area (Å²) in [7, 11) is 0. The van der Waals surface area contributed by atoms with Crippen molar-refractivity contribution in [1.82, 2.24) is 0 Å². The molecule has 0 heterocycles. The standard InChI is InChI=1S/C22H26O3/c1-2-16-14-20(12-10-17(16)11-13-22(23)24)25-15-19-8-5-9-21(19)18-6-3-4-7-18/h1,10,12,14,18H,3-9,11,13,15H2,(H,23,24). The van der Waals surface area contributed by atoms with Crippen LogP contribution in [0.5, 0.6) is 5.75 Å². The highest BCUT2D eigenvalue weighted by molar-refractivity contribution is 5.67. The molecule has 1 saturated carbocycles. The van der Waals surface area contributed by atoms with E-state index >= 15 is 0 Å². The second kappa shape index (κ2) is 8.25. The second-order valence-corrected chi connectivity index (χ2v) is 7.11. The van der Waals surface area contributed by atoms with Gasteiger partial charge in [0.2, 0.25) is 0 Å². The number of rotatable bonds is 7. The number of hydrogen-bond donors (Lipinski definition) is 1. The molecule has 0 aromatic heterocycles. The first-order chi connectivity index (χ1) is 12.2. The molecule has 3 heteroatoms. The van der Waals surface area contributed by atoms with E-state index in [1.54, 1.807) is 5.57 Å². The van der Waals surface area contributed by atoms with E-state index in [1.165, 1.54) is 44.1 Å². The lowest BCUT2D eigenvalue weighted by Crippen LogP contribution is -2.06. The lowest BCUT2D eigenvalue weighted by Gasteiger charge is -2.15. The first-order valence-electron chi connectivity index (χ1n) is 9.32. The van der Waals surface area contributed by atoms with Gasteiger partial charge in [0.05, 0.1) is 0 Å². The summed E-state index contributed by atoms with van der Waals surface area (Å²) in [4.78, 5) is 10.7. The Labute approximate surface area is 150 Å². The van der Waals surface area contributed by atoms with Gasteiger partial charge in [-0.25, -0.2) is 0 Å². The van der Waals surface area contributed by atoms with E-state index in [2.05, 4.69) is 5.92 Å². The highest BCUT2D eigenvalue weighted by atomic mass is 16.5. The Hall–Kier alpha value is -2.21. The first kappa shape index (κ1) is 17.6. The minimum Gasteiger partial charge on any atom is -0.489 e. The van der Waals surface area contributed by atoms with Gasteiger partial charge in [-0.05, 0) is 67.7 Å². The molecule has 0 saturated heterocycles. The molecule has 2 aliphatic rings. The normalized spacial score (nSPS) is 17.7. The van der Waals surface area contributed by atoms with E-state index in [0.29, 0.717) is 13.0 Å². The Bertz CT molecular complexity index is 702. The minimum atomic E-state index is -0.809. The molecule has 0 bridgehead atoms. The molecular weight excluding hydrogens is 312 g/mol. The molecule has 0 aliphatic heterocycles. The lowest BCUT2D eigenvalue weighted by molar-refractivity contribution is -0.136. The minimum absolute atomic E-state index is 0.0898. The molecule has 3 rings (SSSR count).